The zero-order chi connectivity index (χ0) is 5.70. The number of hydrogen-bond acceptors (Lipinski definition) is 1. The third kappa shape index (κ3) is 5.21. The van der Waals surface area contributed by atoms with E-state index >= 15 is 0 Å². The van der Waals surface area contributed by atoms with Crippen LogP contribution in [0.3, 0.4) is 0 Å². The molecule has 0 heterocycles. The van der Waals surface area contributed by atoms with E-state index in [-0.39, 0.29) is 0 Å². The van der Waals surface area contributed by atoms with Crippen LogP contribution < -0.4 is 0 Å². The van der Waals surface area contributed by atoms with Crippen molar-refractivity contribution in [3.63, 3.8) is 0 Å². The molecule has 0 aromatic carbocycles. The van der Waals surface area contributed by atoms with Crippen LogP contribution in [-0.4, -0.2) is 5.97 Å². The van der Waals surface area contributed by atoms with E-state index in [0.717, 1.165) is 12.5 Å². The van der Waals surface area contributed by atoms with Crippen molar-refractivity contribution in [1.82, 2.24) is 0 Å². The second-order valence-corrected chi connectivity index (χ2v) is 1.13. The summed E-state index contributed by atoms with van der Waals surface area (Å²) in [6.07, 6.45) is 3.31. The Kier molecular flexibility index (Phi) is 3.02. The minimum Gasteiger partial charge on any atom is -0.242 e. The second-order valence-electron chi connectivity index (χ2n) is 1.13. The van der Waals surface area contributed by atoms with Gasteiger partial charge in [-0.3, -0.25) is 0 Å². The minimum atomic E-state index is -1.12. The van der Waals surface area contributed by atoms with Crippen LogP contribution in [0, 0.1) is 0 Å². The molecule has 0 rings (SSSR count). The first-order chi connectivity index (χ1) is 3.27. The normalized spacial score (nSPS) is 9.86. The van der Waals surface area contributed by atoms with Crippen LogP contribution in [0.4, 0.5) is 0 Å². The van der Waals surface area contributed by atoms with Gasteiger partial charge in [-0.2, -0.15) is 0 Å². The lowest BCUT2D eigenvalue weighted by Gasteiger charge is -1.69. The lowest BCUT2D eigenvalue weighted by Crippen LogP contribution is -1.81. The van der Waals surface area contributed by atoms with E-state index < -0.39 is 5.97 Å². The fraction of sp³-hybridized carbons (Fsp3) is 0.400. The quantitative estimate of drug-likeness (QED) is 0.474. The number of allylic oxidation sites excluding steroid dienone is 1. The molecule has 0 aliphatic heterocycles. The van der Waals surface area contributed by atoms with Gasteiger partial charge < -0.3 is 0 Å². The van der Waals surface area contributed by atoms with Gasteiger partial charge in [-0.15, -0.1) is 0 Å². The Hall–Kier alpha value is -0.790. The molecular weight excluding hydrogens is 92.1 g/mol. The Bertz CT molecular complexity index is 84.1. The van der Waals surface area contributed by atoms with Crippen molar-refractivity contribution in [2.24, 2.45) is 0 Å². The highest BCUT2D eigenvalue weighted by Gasteiger charge is 1.83. The van der Waals surface area contributed by atoms with Gasteiger partial charge in [-0.25, -0.2) is 9.90 Å². The monoisotopic (exact) mass is 99.0 g/mol. The molecule has 0 N–H and O–H groups in total. The number of carbonyl (C=O) groups excluding carboxylic acids is 1. The Morgan fingerprint density at radius 1 is 1.71 bits per heavy atom. The molecular formula is C5H7O2. The zero-order valence-electron chi connectivity index (χ0n) is 4.18. The van der Waals surface area contributed by atoms with Crippen LogP contribution in [0.5, 0.6) is 0 Å². The van der Waals surface area contributed by atoms with Crippen molar-refractivity contribution in [2.75, 3.05) is 0 Å². The Morgan fingerprint density at radius 2 is 2.29 bits per heavy atom. The van der Waals surface area contributed by atoms with E-state index in [9.17, 15) is 9.90 Å². The van der Waals surface area contributed by atoms with E-state index in [1.807, 2.05) is 6.92 Å². The minimum absolute atomic E-state index is 0.744. The molecule has 0 atom stereocenters. The van der Waals surface area contributed by atoms with Gasteiger partial charge >= 0.3 is 5.97 Å². The number of rotatable bonds is 2. The van der Waals surface area contributed by atoms with Gasteiger partial charge in [0.2, 0.25) is 0 Å². The summed E-state index contributed by atoms with van der Waals surface area (Å²) < 4.78 is 0. The maximum absolute atomic E-state index is 9.56. The number of carbonyl (C=O) groups is 1. The summed E-state index contributed by atoms with van der Waals surface area (Å²) in [4.78, 5) is 9.56. The molecule has 0 amide bonds. The highest BCUT2D eigenvalue weighted by Crippen LogP contribution is 1.77. The molecule has 0 spiro atoms. The molecule has 0 aromatic heterocycles. The van der Waals surface area contributed by atoms with E-state index in [1.165, 1.54) is 6.08 Å². The van der Waals surface area contributed by atoms with E-state index in [4.69, 9.17) is 0 Å². The smallest absolute Gasteiger partial charge is 0.242 e. The largest absolute Gasteiger partial charge is 0.378 e. The molecule has 0 aliphatic rings. The first kappa shape index (κ1) is 6.21. The molecule has 0 saturated heterocycles. The predicted molar refractivity (Wildman–Crippen MR) is 25.1 cm³/mol. The van der Waals surface area contributed by atoms with Crippen LogP contribution in [0.15, 0.2) is 12.2 Å². The Labute approximate surface area is 42.5 Å². The highest BCUT2D eigenvalue weighted by atomic mass is 16.4. The highest BCUT2D eigenvalue weighted by molar-refractivity contribution is 5.79. The Morgan fingerprint density at radius 3 is 2.43 bits per heavy atom. The van der Waals surface area contributed by atoms with Crippen molar-refractivity contribution in [2.45, 2.75) is 13.3 Å². The van der Waals surface area contributed by atoms with Gasteiger partial charge in [0.1, 0.15) is 0 Å². The third-order valence-electron chi connectivity index (χ3n) is 0.490. The predicted octanol–water partition coefficient (Wildman–Crippen LogP) is 0.910. The van der Waals surface area contributed by atoms with Crippen molar-refractivity contribution in [3.8, 4) is 0 Å². The zero-order valence-corrected chi connectivity index (χ0v) is 4.18. The average Bonchev–Trinajstić information content (AvgIpc) is 1.61. The van der Waals surface area contributed by atoms with Gasteiger partial charge in [0.15, 0.2) is 0 Å². The Balaban J connectivity index is 3.26. The van der Waals surface area contributed by atoms with Gasteiger partial charge in [-0.1, -0.05) is 13.0 Å². The van der Waals surface area contributed by atoms with E-state index in [2.05, 4.69) is 0 Å². The lowest BCUT2D eigenvalue weighted by molar-refractivity contribution is -0.137. The fourth-order valence-electron chi connectivity index (χ4n) is 0.214. The maximum atomic E-state index is 9.56. The second kappa shape index (κ2) is 3.40. The van der Waals surface area contributed by atoms with E-state index in [1.54, 1.807) is 0 Å². The van der Waals surface area contributed by atoms with Crippen LogP contribution in [0.1, 0.15) is 13.3 Å². The van der Waals surface area contributed by atoms with Crippen LogP contribution in [-0.2, 0) is 9.90 Å². The van der Waals surface area contributed by atoms with Crippen molar-refractivity contribution < 1.29 is 9.90 Å². The molecule has 0 fully saturated rings. The van der Waals surface area contributed by atoms with Crippen molar-refractivity contribution >= 4 is 5.97 Å². The lowest BCUT2D eigenvalue weighted by atomic mass is 10.4. The summed E-state index contributed by atoms with van der Waals surface area (Å²) in [6.45, 7) is 1.86. The fourth-order valence-corrected chi connectivity index (χ4v) is 0.214. The molecule has 0 saturated carbocycles. The molecule has 0 unspecified atom stereocenters. The van der Waals surface area contributed by atoms with E-state index in [0.29, 0.717) is 0 Å². The molecule has 2 nitrogen and oxygen atoms in total. The summed E-state index contributed by atoms with van der Waals surface area (Å²) >= 11 is 0. The van der Waals surface area contributed by atoms with Gasteiger partial charge in [0, 0.05) is 6.08 Å². The SMILES string of the molecule is CCC=CC([O])=O. The standard InChI is InChI=1S/C5H7O2/c1-2-3-4-5(6)7/h3-4H,2H2,1H3. The molecule has 7 heavy (non-hydrogen) atoms. The van der Waals surface area contributed by atoms with Crippen LogP contribution >= 0.6 is 0 Å². The molecule has 39 valence electrons. The van der Waals surface area contributed by atoms with Gasteiger partial charge in [-0.05, 0) is 6.42 Å². The maximum Gasteiger partial charge on any atom is 0.378 e. The van der Waals surface area contributed by atoms with Gasteiger partial charge in [0.05, 0.1) is 0 Å². The van der Waals surface area contributed by atoms with Crippen molar-refractivity contribution in [3.05, 3.63) is 12.2 Å². The summed E-state index contributed by atoms with van der Waals surface area (Å²) in [6, 6.07) is 0. The molecule has 0 bridgehead atoms. The molecule has 1 radical (unpaired) electrons. The molecule has 0 aromatic rings. The van der Waals surface area contributed by atoms with Crippen molar-refractivity contribution in [1.29, 1.82) is 0 Å². The summed E-state index contributed by atoms with van der Waals surface area (Å²) in [5.74, 6) is -1.12. The molecule has 2 heteroatoms. The first-order valence-corrected chi connectivity index (χ1v) is 2.15. The van der Waals surface area contributed by atoms with Gasteiger partial charge in [0.25, 0.3) is 0 Å². The average molecular weight is 99.1 g/mol. The summed E-state index contributed by atoms with van der Waals surface area (Å²) in [7, 11) is 0. The first-order valence-electron chi connectivity index (χ1n) is 2.15. The third-order valence-corrected chi connectivity index (χ3v) is 0.490. The summed E-state index contributed by atoms with van der Waals surface area (Å²) in [5, 5.41) is 9.56. The van der Waals surface area contributed by atoms with Crippen LogP contribution in [0.2, 0.25) is 0 Å². The topological polar surface area (TPSA) is 37.0 Å². The number of hydrogen-bond donors (Lipinski definition) is 0. The molecule has 0 aliphatic carbocycles. The van der Waals surface area contributed by atoms with Crippen LogP contribution in [0.25, 0.3) is 0 Å². The summed E-state index contributed by atoms with van der Waals surface area (Å²) in [5.41, 5.74) is 0.